The summed E-state index contributed by atoms with van der Waals surface area (Å²) in [5.74, 6) is 1.15. The Bertz CT molecular complexity index is 371. The van der Waals surface area contributed by atoms with E-state index in [1.807, 2.05) is 0 Å². The zero-order valence-electron chi connectivity index (χ0n) is 12.3. The number of nitrogens with two attached hydrogens (primary N) is 1. The molecule has 0 bridgehead atoms. The summed E-state index contributed by atoms with van der Waals surface area (Å²) in [4.78, 5) is 0. The SMILES string of the molecule is CC(C)c1ccc(COC2CCCCC2CN)cc1. The summed E-state index contributed by atoms with van der Waals surface area (Å²) in [5.41, 5.74) is 8.50. The van der Waals surface area contributed by atoms with Crippen molar-refractivity contribution >= 4 is 0 Å². The smallest absolute Gasteiger partial charge is 0.0720 e. The van der Waals surface area contributed by atoms with Gasteiger partial charge in [-0.15, -0.1) is 0 Å². The zero-order valence-corrected chi connectivity index (χ0v) is 12.3. The van der Waals surface area contributed by atoms with Gasteiger partial charge in [-0.05, 0) is 42.3 Å². The molecule has 1 aromatic carbocycles. The molecule has 2 rings (SSSR count). The van der Waals surface area contributed by atoms with Crippen LogP contribution in [0.25, 0.3) is 0 Å². The van der Waals surface area contributed by atoms with Crippen LogP contribution in [0.1, 0.15) is 56.6 Å². The van der Waals surface area contributed by atoms with Crippen LogP contribution in [-0.4, -0.2) is 12.6 Å². The number of rotatable bonds is 5. The van der Waals surface area contributed by atoms with Crippen molar-refractivity contribution in [3.05, 3.63) is 35.4 Å². The highest BCUT2D eigenvalue weighted by atomic mass is 16.5. The summed E-state index contributed by atoms with van der Waals surface area (Å²) >= 11 is 0. The van der Waals surface area contributed by atoms with E-state index in [9.17, 15) is 0 Å². The molecule has 0 spiro atoms. The largest absolute Gasteiger partial charge is 0.373 e. The molecule has 0 amide bonds. The van der Waals surface area contributed by atoms with Crippen LogP contribution in [0, 0.1) is 5.92 Å². The first-order valence-corrected chi connectivity index (χ1v) is 7.61. The second-order valence-electron chi connectivity index (χ2n) is 6.03. The molecule has 1 fully saturated rings. The van der Waals surface area contributed by atoms with Crippen LogP contribution < -0.4 is 5.73 Å². The molecule has 19 heavy (non-hydrogen) atoms. The van der Waals surface area contributed by atoms with Crippen LogP contribution in [0.2, 0.25) is 0 Å². The van der Waals surface area contributed by atoms with Gasteiger partial charge in [-0.25, -0.2) is 0 Å². The molecule has 2 atom stereocenters. The second-order valence-corrected chi connectivity index (χ2v) is 6.03. The molecule has 2 unspecified atom stereocenters. The van der Waals surface area contributed by atoms with Crippen LogP contribution >= 0.6 is 0 Å². The minimum atomic E-state index is 0.364. The maximum absolute atomic E-state index is 6.09. The molecule has 1 aromatic rings. The third-order valence-corrected chi connectivity index (χ3v) is 4.25. The van der Waals surface area contributed by atoms with Gasteiger partial charge >= 0.3 is 0 Å². The Balaban J connectivity index is 1.87. The Kier molecular flexibility index (Phi) is 5.41. The molecule has 106 valence electrons. The van der Waals surface area contributed by atoms with Crippen LogP contribution in [0.5, 0.6) is 0 Å². The second kappa shape index (κ2) is 7.06. The monoisotopic (exact) mass is 261 g/mol. The van der Waals surface area contributed by atoms with Gasteiger partial charge in [0.1, 0.15) is 0 Å². The van der Waals surface area contributed by atoms with Gasteiger partial charge < -0.3 is 10.5 Å². The van der Waals surface area contributed by atoms with Gasteiger partial charge in [0, 0.05) is 0 Å². The van der Waals surface area contributed by atoms with Crippen LogP contribution in [0.3, 0.4) is 0 Å². The molecular weight excluding hydrogens is 234 g/mol. The Hall–Kier alpha value is -0.860. The van der Waals surface area contributed by atoms with E-state index < -0.39 is 0 Å². The lowest BCUT2D eigenvalue weighted by molar-refractivity contribution is -0.0183. The van der Waals surface area contributed by atoms with Gasteiger partial charge in [0.25, 0.3) is 0 Å². The van der Waals surface area contributed by atoms with E-state index in [1.54, 1.807) is 0 Å². The molecule has 0 heterocycles. The highest BCUT2D eigenvalue weighted by Gasteiger charge is 2.24. The van der Waals surface area contributed by atoms with Gasteiger partial charge in [0.05, 0.1) is 12.7 Å². The molecule has 0 aromatic heterocycles. The minimum absolute atomic E-state index is 0.364. The fraction of sp³-hybridized carbons (Fsp3) is 0.647. The van der Waals surface area contributed by atoms with Crippen molar-refractivity contribution in [3.8, 4) is 0 Å². The van der Waals surface area contributed by atoms with Gasteiger partial charge in [-0.3, -0.25) is 0 Å². The highest BCUT2D eigenvalue weighted by Crippen LogP contribution is 2.27. The Morgan fingerprint density at radius 3 is 2.47 bits per heavy atom. The number of hydrogen-bond acceptors (Lipinski definition) is 2. The topological polar surface area (TPSA) is 35.2 Å². The number of ether oxygens (including phenoxy) is 1. The van der Waals surface area contributed by atoms with Crippen molar-refractivity contribution in [1.82, 2.24) is 0 Å². The first-order valence-electron chi connectivity index (χ1n) is 7.61. The lowest BCUT2D eigenvalue weighted by Gasteiger charge is -2.30. The zero-order chi connectivity index (χ0) is 13.7. The Morgan fingerprint density at radius 1 is 1.16 bits per heavy atom. The van der Waals surface area contributed by atoms with Crippen molar-refractivity contribution in [2.75, 3.05) is 6.54 Å². The molecule has 1 aliphatic carbocycles. The summed E-state index contributed by atoms with van der Waals surface area (Å²) in [6.07, 6.45) is 5.36. The van der Waals surface area contributed by atoms with E-state index in [-0.39, 0.29) is 0 Å². The van der Waals surface area contributed by atoms with Crippen molar-refractivity contribution in [2.24, 2.45) is 11.7 Å². The fourth-order valence-corrected chi connectivity index (χ4v) is 2.86. The first-order chi connectivity index (χ1) is 9.20. The Morgan fingerprint density at radius 2 is 1.84 bits per heavy atom. The quantitative estimate of drug-likeness (QED) is 0.874. The van der Waals surface area contributed by atoms with Crippen LogP contribution in [0.4, 0.5) is 0 Å². The van der Waals surface area contributed by atoms with Crippen LogP contribution in [-0.2, 0) is 11.3 Å². The minimum Gasteiger partial charge on any atom is -0.373 e. The molecule has 0 radical (unpaired) electrons. The first kappa shape index (κ1) is 14.5. The molecule has 2 nitrogen and oxygen atoms in total. The molecule has 1 saturated carbocycles. The third kappa shape index (κ3) is 4.05. The third-order valence-electron chi connectivity index (χ3n) is 4.25. The van der Waals surface area contributed by atoms with E-state index in [0.717, 1.165) is 13.2 Å². The average molecular weight is 261 g/mol. The standard InChI is InChI=1S/C17H27NO/c1-13(2)15-9-7-14(8-10-15)12-19-17-6-4-3-5-16(17)11-18/h7-10,13,16-17H,3-6,11-12,18H2,1-2H3. The van der Waals surface area contributed by atoms with Gasteiger partial charge in [-0.2, -0.15) is 0 Å². The van der Waals surface area contributed by atoms with Crippen molar-refractivity contribution in [1.29, 1.82) is 0 Å². The van der Waals surface area contributed by atoms with Crippen molar-refractivity contribution < 1.29 is 4.74 Å². The van der Waals surface area contributed by atoms with Gasteiger partial charge in [0.15, 0.2) is 0 Å². The van der Waals surface area contributed by atoms with Crippen LogP contribution in [0.15, 0.2) is 24.3 Å². The van der Waals surface area contributed by atoms with Crippen molar-refractivity contribution in [3.63, 3.8) is 0 Å². The predicted octanol–water partition coefficient (Wildman–Crippen LogP) is 3.84. The van der Waals surface area contributed by atoms with E-state index >= 15 is 0 Å². The summed E-state index contributed by atoms with van der Waals surface area (Å²) in [7, 11) is 0. The molecule has 0 aliphatic heterocycles. The molecular formula is C17H27NO. The summed E-state index contributed by atoms with van der Waals surface area (Å²) < 4.78 is 6.09. The molecule has 2 N–H and O–H groups in total. The van der Waals surface area contributed by atoms with Crippen molar-refractivity contribution in [2.45, 2.75) is 58.2 Å². The lowest BCUT2D eigenvalue weighted by Crippen LogP contribution is -2.33. The normalized spacial score (nSPS) is 23.8. The fourth-order valence-electron chi connectivity index (χ4n) is 2.86. The molecule has 2 heteroatoms. The van der Waals surface area contributed by atoms with E-state index in [2.05, 4.69) is 38.1 Å². The summed E-state index contributed by atoms with van der Waals surface area (Å²) in [5, 5.41) is 0. The predicted molar refractivity (Wildman–Crippen MR) is 80.1 cm³/mol. The lowest BCUT2D eigenvalue weighted by atomic mass is 9.86. The molecule has 0 saturated heterocycles. The van der Waals surface area contributed by atoms with E-state index in [1.165, 1.54) is 36.8 Å². The van der Waals surface area contributed by atoms with Gasteiger partial charge in [0.2, 0.25) is 0 Å². The highest BCUT2D eigenvalue weighted by molar-refractivity contribution is 5.24. The number of hydrogen-bond donors (Lipinski definition) is 1. The van der Waals surface area contributed by atoms with Gasteiger partial charge in [-0.1, -0.05) is 51.0 Å². The maximum atomic E-state index is 6.09. The molecule has 1 aliphatic rings. The summed E-state index contributed by atoms with van der Waals surface area (Å²) in [6.45, 7) is 5.93. The maximum Gasteiger partial charge on any atom is 0.0720 e. The van der Waals surface area contributed by atoms with E-state index in [0.29, 0.717) is 17.9 Å². The average Bonchev–Trinajstić information content (AvgIpc) is 2.45. The van der Waals surface area contributed by atoms with E-state index in [4.69, 9.17) is 10.5 Å². The number of benzene rings is 1. The summed E-state index contributed by atoms with van der Waals surface area (Å²) in [6, 6.07) is 8.81. The Labute approximate surface area is 117 Å².